The minimum atomic E-state index is -0.620. The van der Waals surface area contributed by atoms with E-state index in [4.69, 9.17) is 22.5 Å². The van der Waals surface area contributed by atoms with E-state index in [1.54, 1.807) is 12.1 Å². The minimum absolute atomic E-state index is 0.0782. The summed E-state index contributed by atoms with van der Waals surface area (Å²) >= 11 is 0. The molecule has 0 radical (unpaired) electrons. The van der Waals surface area contributed by atoms with Crippen LogP contribution in [-0.2, 0) is 0 Å². The molecule has 44 heavy (non-hydrogen) atoms. The minimum Gasteiger partial charge on any atom is -0.455 e. The van der Waals surface area contributed by atoms with Crippen LogP contribution in [0.5, 0.6) is 0 Å². The van der Waals surface area contributed by atoms with Gasteiger partial charge < -0.3 is 8.83 Å². The fourth-order valence-electron chi connectivity index (χ4n) is 5.56. The molecule has 0 amide bonds. The van der Waals surface area contributed by atoms with Crippen molar-refractivity contribution in [3.8, 4) is 45.3 Å². The molecule has 0 aliphatic carbocycles. The Kier molecular flexibility index (Phi) is 3.66. The summed E-state index contributed by atoms with van der Waals surface area (Å²) in [5.41, 5.74) is 3.76. The van der Waals surface area contributed by atoms with Gasteiger partial charge in [-0.3, -0.25) is 0 Å². The van der Waals surface area contributed by atoms with E-state index in [1.807, 2.05) is 66.7 Å². The summed E-state index contributed by atoms with van der Waals surface area (Å²) < 4.78 is 96.5. The van der Waals surface area contributed by atoms with Crippen molar-refractivity contribution in [2.24, 2.45) is 0 Å². The second kappa shape index (κ2) is 9.75. The van der Waals surface area contributed by atoms with E-state index in [0.29, 0.717) is 22.1 Å². The number of aromatic nitrogens is 3. The molecule has 9 rings (SSSR count). The van der Waals surface area contributed by atoms with E-state index in [-0.39, 0.29) is 28.6 Å². The third kappa shape index (κ3) is 3.91. The Bertz CT molecular complexity index is 2940. The molecule has 5 heteroatoms. The first-order valence-corrected chi connectivity index (χ1v) is 13.7. The smallest absolute Gasteiger partial charge is 0.167 e. The lowest BCUT2D eigenvalue weighted by Gasteiger charge is -2.08. The van der Waals surface area contributed by atoms with Crippen LogP contribution < -0.4 is 0 Å². The third-order valence-electron chi connectivity index (χ3n) is 7.54. The second-order valence-electron chi connectivity index (χ2n) is 10.1. The number of nitrogens with zero attached hydrogens (tertiary/aromatic N) is 3. The third-order valence-corrected chi connectivity index (χ3v) is 7.54. The van der Waals surface area contributed by atoms with Gasteiger partial charge in [0.15, 0.2) is 17.5 Å². The number of rotatable bonds is 4. The van der Waals surface area contributed by atoms with Gasteiger partial charge in [0.2, 0.25) is 0 Å². The molecular weight excluding hydrogens is 542 g/mol. The zero-order valence-corrected chi connectivity index (χ0v) is 22.7. The van der Waals surface area contributed by atoms with Gasteiger partial charge in [0.25, 0.3) is 0 Å². The van der Waals surface area contributed by atoms with Gasteiger partial charge in [0, 0.05) is 38.2 Å². The molecule has 0 fully saturated rings. The van der Waals surface area contributed by atoms with Crippen LogP contribution in [-0.4, -0.2) is 15.0 Å². The number of hydrogen-bond acceptors (Lipinski definition) is 5. The van der Waals surface area contributed by atoms with Gasteiger partial charge in [-0.05, 0) is 29.8 Å². The number of furan rings is 2. The highest BCUT2D eigenvalue weighted by Gasteiger charge is 2.19. The van der Waals surface area contributed by atoms with Gasteiger partial charge in [-0.1, -0.05) is 115 Å². The van der Waals surface area contributed by atoms with E-state index in [0.717, 1.165) is 38.5 Å². The summed E-state index contributed by atoms with van der Waals surface area (Å²) in [6.45, 7) is 0. The van der Waals surface area contributed by atoms with Crippen LogP contribution in [0.1, 0.15) is 13.7 Å². The van der Waals surface area contributed by atoms with Gasteiger partial charge in [-0.25, -0.2) is 15.0 Å². The van der Waals surface area contributed by atoms with Crippen molar-refractivity contribution in [2.45, 2.75) is 0 Å². The Morgan fingerprint density at radius 2 is 0.977 bits per heavy atom. The highest BCUT2D eigenvalue weighted by molar-refractivity contribution is 6.12. The molecule has 0 aliphatic heterocycles. The van der Waals surface area contributed by atoms with Gasteiger partial charge in [0.05, 0.1) is 19.3 Å². The molecule has 9 aromatic rings. The standard InChI is InChI=1S/C39H23N3O2/c1-3-11-24(12-4-1)37-40-38(25-13-5-2-6-14-25)42-39(41-37)32-19-10-18-31-29-22-21-26(23-34(29)44-36(31)32)27-16-9-17-30-28-15-7-8-20-33(28)43-35(27)30/h1-23H/i1D,2D,3D,4D,5D,6D,11D,12D,13D,14D. The molecule has 0 aliphatic rings. The van der Waals surface area contributed by atoms with E-state index in [2.05, 4.69) is 15.0 Å². The Hall–Kier alpha value is -6.07. The lowest BCUT2D eigenvalue weighted by atomic mass is 10.0. The molecule has 0 N–H and O–H groups in total. The zero-order valence-electron chi connectivity index (χ0n) is 32.7. The maximum atomic E-state index is 8.62. The van der Waals surface area contributed by atoms with Crippen molar-refractivity contribution in [1.82, 2.24) is 15.0 Å². The van der Waals surface area contributed by atoms with Crippen LogP contribution in [0.3, 0.4) is 0 Å². The van der Waals surface area contributed by atoms with Gasteiger partial charge in [-0.15, -0.1) is 0 Å². The summed E-state index contributed by atoms with van der Waals surface area (Å²) in [7, 11) is 0. The van der Waals surface area contributed by atoms with Crippen LogP contribution in [0.25, 0.3) is 89.2 Å². The topological polar surface area (TPSA) is 65.0 Å². The Morgan fingerprint density at radius 3 is 1.68 bits per heavy atom. The lowest BCUT2D eigenvalue weighted by Crippen LogP contribution is -2.00. The first-order valence-electron chi connectivity index (χ1n) is 18.7. The quantitative estimate of drug-likeness (QED) is 0.209. The van der Waals surface area contributed by atoms with Crippen LogP contribution in [0.2, 0.25) is 0 Å². The molecule has 5 nitrogen and oxygen atoms in total. The first kappa shape index (κ1) is 16.5. The highest BCUT2D eigenvalue weighted by atomic mass is 16.3. The number of fused-ring (bicyclic) bond motifs is 6. The predicted octanol–water partition coefficient (Wildman–Crippen LogP) is 10.3. The molecule has 0 atom stereocenters. The summed E-state index contributed by atoms with van der Waals surface area (Å²) in [6.07, 6.45) is 0. The van der Waals surface area contributed by atoms with Crippen molar-refractivity contribution >= 4 is 43.9 Å². The van der Waals surface area contributed by atoms with Gasteiger partial charge in [-0.2, -0.15) is 0 Å². The van der Waals surface area contributed by atoms with Crippen molar-refractivity contribution in [2.75, 3.05) is 0 Å². The van der Waals surface area contributed by atoms with Gasteiger partial charge in [0.1, 0.15) is 22.3 Å². The molecule has 3 aromatic heterocycles. The van der Waals surface area contributed by atoms with Crippen molar-refractivity contribution in [1.29, 1.82) is 0 Å². The van der Waals surface area contributed by atoms with Crippen LogP contribution >= 0.6 is 0 Å². The van der Waals surface area contributed by atoms with Crippen LogP contribution in [0.15, 0.2) is 148 Å². The average Bonchev–Trinajstić information content (AvgIpc) is 3.76. The van der Waals surface area contributed by atoms with Crippen molar-refractivity contribution in [3.63, 3.8) is 0 Å². The summed E-state index contributed by atoms with van der Waals surface area (Å²) in [5, 5.41) is 3.46. The zero-order chi connectivity index (χ0) is 37.7. The molecule has 0 bridgehead atoms. The Morgan fingerprint density at radius 1 is 0.432 bits per heavy atom. The largest absolute Gasteiger partial charge is 0.455 e. The number of benzene rings is 6. The van der Waals surface area contributed by atoms with Gasteiger partial charge >= 0.3 is 0 Å². The number of hydrogen-bond donors (Lipinski definition) is 0. The van der Waals surface area contributed by atoms with Crippen molar-refractivity contribution < 1.29 is 22.5 Å². The van der Waals surface area contributed by atoms with Crippen LogP contribution in [0.4, 0.5) is 0 Å². The molecule has 0 saturated heterocycles. The summed E-state index contributed by atoms with van der Waals surface area (Å²) in [5.74, 6) is -0.785. The Balaban J connectivity index is 1.29. The molecule has 0 saturated carbocycles. The van der Waals surface area contributed by atoms with E-state index in [1.165, 1.54) is 0 Å². The first-order chi connectivity index (χ1) is 25.9. The molecule has 0 unspecified atom stereocenters. The second-order valence-corrected chi connectivity index (χ2v) is 10.1. The maximum Gasteiger partial charge on any atom is 0.167 e. The molecular formula is C39H23N3O2. The Labute approximate surface area is 266 Å². The molecule has 6 aromatic carbocycles. The van der Waals surface area contributed by atoms with Crippen molar-refractivity contribution in [3.05, 3.63) is 139 Å². The SMILES string of the molecule is [2H]c1c([2H])c([2H])c(-c2nc(-c3c([2H])c([2H])c([2H])c([2H])c3[2H])nc(-c3cccc4c3oc3cc(-c5cccc6c5oc5ccccc56)ccc34)n2)c([2H])c1[2H]. The summed E-state index contributed by atoms with van der Waals surface area (Å²) in [4.78, 5) is 13.5. The maximum absolute atomic E-state index is 8.62. The molecule has 3 heterocycles. The molecule has 0 spiro atoms. The average molecular weight is 576 g/mol. The van der Waals surface area contributed by atoms with E-state index in [9.17, 15) is 0 Å². The van der Waals surface area contributed by atoms with E-state index >= 15 is 0 Å². The number of para-hydroxylation sites is 3. The normalized spacial score (nSPS) is 14.8. The van der Waals surface area contributed by atoms with Crippen LogP contribution in [0, 0.1) is 0 Å². The monoisotopic (exact) mass is 575 g/mol. The molecule has 206 valence electrons. The lowest BCUT2D eigenvalue weighted by molar-refractivity contribution is 0.668. The highest BCUT2D eigenvalue weighted by Crippen LogP contribution is 2.40. The van der Waals surface area contributed by atoms with E-state index < -0.39 is 60.4 Å². The fraction of sp³-hybridized carbons (Fsp3) is 0. The fourth-order valence-corrected chi connectivity index (χ4v) is 5.56. The summed E-state index contributed by atoms with van der Waals surface area (Å²) in [6, 6.07) is 18.9. The predicted molar refractivity (Wildman–Crippen MR) is 176 cm³/mol.